The number of likely N-dealkylation sites (tertiary alicyclic amines) is 1. The van der Waals surface area contributed by atoms with Crippen LogP contribution in [0.3, 0.4) is 0 Å². The van der Waals surface area contributed by atoms with E-state index in [1.54, 1.807) is 0 Å². The van der Waals surface area contributed by atoms with Crippen molar-refractivity contribution < 1.29 is 0 Å². The lowest BCUT2D eigenvalue weighted by Crippen LogP contribution is -2.40. The SMILES string of the molecule is CC1CCC(C)N(Cc2ccc(CNC(C)C)cc2Br)C1. The molecule has 2 atom stereocenters. The summed E-state index contributed by atoms with van der Waals surface area (Å²) in [4.78, 5) is 2.63. The molecule has 0 radical (unpaired) electrons. The van der Waals surface area contributed by atoms with Crippen LogP contribution in [0.5, 0.6) is 0 Å². The standard InChI is InChI=1S/C18H29BrN2/c1-13(2)20-10-16-7-8-17(18(19)9-16)12-21-11-14(3)5-6-15(21)4/h7-9,13-15,20H,5-6,10-12H2,1-4H3. The van der Waals surface area contributed by atoms with E-state index in [0.717, 1.165) is 19.0 Å². The van der Waals surface area contributed by atoms with Gasteiger partial charge in [0.15, 0.2) is 0 Å². The van der Waals surface area contributed by atoms with E-state index >= 15 is 0 Å². The molecule has 3 heteroatoms. The fourth-order valence-corrected chi connectivity index (χ4v) is 3.52. The number of hydrogen-bond donors (Lipinski definition) is 1. The molecule has 1 aromatic carbocycles. The molecule has 1 fully saturated rings. The van der Waals surface area contributed by atoms with Crippen molar-refractivity contribution in [2.24, 2.45) is 5.92 Å². The molecule has 0 saturated carbocycles. The zero-order valence-corrected chi connectivity index (χ0v) is 15.4. The van der Waals surface area contributed by atoms with Gasteiger partial charge in [-0.1, -0.05) is 48.8 Å². The largest absolute Gasteiger partial charge is 0.310 e. The highest BCUT2D eigenvalue weighted by atomic mass is 79.9. The number of hydrogen-bond acceptors (Lipinski definition) is 2. The topological polar surface area (TPSA) is 15.3 Å². The molecule has 0 aromatic heterocycles. The monoisotopic (exact) mass is 352 g/mol. The van der Waals surface area contributed by atoms with Crippen molar-refractivity contribution in [2.45, 2.75) is 65.7 Å². The molecule has 2 nitrogen and oxygen atoms in total. The van der Waals surface area contributed by atoms with Gasteiger partial charge in [-0.3, -0.25) is 4.90 Å². The average molecular weight is 353 g/mol. The Balaban J connectivity index is 2.00. The average Bonchev–Trinajstić information content (AvgIpc) is 2.43. The molecular formula is C18H29BrN2. The first-order chi connectivity index (χ1) is 9.95. The Morgan fingerprint density at radius 3 is 2.71 bits per heavy atom. The van der Waals surface area contributed by atoms with Crippen molar-refractivity contribution in [2.75, 3.05) is 6.54 Å². The fraction of sp³-hybridized carbons (Fsp3) is 0.667. The summed E-state index contributed by atoms with van der Waals surface area (Å²) in [6, 6.07) is 8.04. The van der Waals surface area contributed by atoms with Crippen LogP contribution in [0.25, 0.3) is 0 Å². The Bertz CT molecular complexity index is 459. The summed E-state index contributed by atoms with van der Waals surface area (Å²) in [5.74, 6) is 0.828. The fourth-order valence-electron chi connectivity index (χ4n) is 2.97. The molecule has 1 aliphatic heterocycles. The minimum absolute atomic E-state index is 0.527. The van der Waals surface area contributed by atoms with E-state index in [1.165, 1.54) is 35.0 Å². The van der Waals surface area contributed by atoms with E-state index in [4.69, 9.17) is 0 Å². The van der Waals surface area contributed by atoms with Crippen molar-refractivity contribution in [3.8, 4) is 0 Å². The van der Waals surface area contributed by atoms with Crippen LogP contribution in [0.2, 0.25) is 0 Å². The van der Waals surface area contributed by atoms with Crippen LogP contribution in [0.1, 0.15) is 51.7 Å². The van der Waals surface area contributed by atoms with Gasteiger partial charge in [-0.15, -0.1) is 0 Å². The Hall–Kier alpha value is -0.380. The summed E-state index contributed by atoms with van der Waals surface area (Å²) in [7, 11) is 0. The Labute approximate surface area is 138 Å². The van der Waals surface area contributed by atoms with Crippen molar-refractivity contribution in [3.63, 3.8) is 0 Å². The molecule has 1 heterocycles. The highest BCUT2D eigenvalue weighted by Crippen LogP contribution is 2.26. The molecule has 2 unspecified atom stereocenters. The first kappa shape index (κ1) is 17.0. The maximum absolute atomic E-state index is 3.76. The molecule has 21 heavy (non-hydrogen) atoms. The maximum atomic E-state index is 3.76. The van der Waals surface area contributed by atoms with Gasteiger partial charge in [0, 0.05) is 36.2 Å². The lowest BCUT2D eigenvalue weighted by Gasteiger charge is -2.37. The van der Waals surface area contributed by atoms with Gasteiger partial charge in [-0.2, -0.15) is 0 Å². The van der Waals surface area contributed by atoms with Crippen LogP contribution in [0.4, 0.5) is 0 Å². The summed E-state index contributed by atoms with van der Waals surface area (Å²) in [5.41, 5.74) is 2.75. The summed E-state index contributed by atoms with van der Waals surface area (Å²) >= 11 is 3.76. The van der Waals surface area contributed by atoms with Crippen LogP contribution in [0, 0.1) is 5.92 Å². The quantitative estimate of drug-likeness (QED) is 0.834. The van der Waals surface area contributed by atoms with Gasteiger partial charge >= 0.3 is 0 Å². The molecule has 118 valence electrons. The van der Waals surface area contributed by atoms with E-state index < -0.39 is 0 Å². The summed E-state index contributed by atoms with van der Waals surface area (Å²) in [6.45, 7) is 12.3. The van der Waals surface area contributed by atoms with Crippen molar-refractivity contribution in [3.05, 3.63) is 33.8 Å². The Morgan fingerprint density at radius 2 is 2.05 bits per heavy atom. The molecule has 0 aliphatic carbocycles. The smallest absolute Gasteiger partial charge is 0.0247 e. The van der Waals surface area contributed by atoms with Gasteiger partial charge < -0.3 is 5.32 Å². The number of rotatable bonds is 5. The Morgan fingerprint density at radius 1 is 1.29 bits per heavy atom. The predicted octanol–water partition coefficient (Wildman–Crippen LogP) is 4.57. The minimum Gasteiger partial charge on any atom is -0.310 e. The lowest BCUT2D eigenvalue weighted by atomic mass is 9.94. The molecular weight excluding hydrogens is 324 g/mol. The lowest BCUT2D eigenvalue weighted by molar-refractivity contribution is 0.117. The highest BCUT2D eigenvalue weighted by Gasteiger charge is 2.23. The van der Waals surface area contributed by atoms with E-state index in [0.29, 0.717) is 12.1 Å². The highest BCUT2D eigenvalue weighted by molar-refractivity contribution is 9.10. The van der Waals surface area contributed by atoms with E-state index in [1.807, 2.05) is 0 Å². The number of nitrogens with zero attached hydrogens (tertiary/aromatic N) is 1. The predicted molar refractivity (Wildman–Crippen MR) is 94.4 cm³/mol. The molecule has 1 aliphatic rings. The van der Waals surface area contributed by atoms with Gasteiger partial charge in [0.2, 0.25) is 0 Å². The number of benzene rings is 1. The third kappa shape index (κ3) is 5.08. The molecule has 2 rings (SSSR count). The van der Waals surface area contributed by atoms with Crippen LogP contribution < -0.4 is 5.32 Å². The normalized spacial score (nSPS) is 23.7. The van der Waals surface area contributed by atoms with Crippen molar-refractivity contribution >= 4 is 15.9 Å². The molecule has 1 aromatic rings. The second kappa shape index (κ2) is 7.75. The van der Waals surface area contributed by atoms with Crippen LogP contribution >= 0.6 is 15.9 Å². The second-order valence-corrected chi connectivity index (χ2v) is 7.78. The molecule has 1 saturated heterocycles. The second-order valence-electron chi connectivity index (χ2n) is 6.92. The molecule has 0 amide bonds. The van der Waals surface area contributed by atoms with E-state index in [2.05, 4.69) is 72.0 Å². The third-order valence-electron chi connectivity index (χ3n) is 4.45. The number of halogens is 1. The van der Waals surface area contributed by atoms with E-state index in [-0.39, 0.29) is 0 Å². The molecule has 0 spiro atoms. The molecule has 0 bridgehead atoms. The molecule has 1 N–H and O–H groups in total. The number of nitrogens with one attached hydrogen (secondary N) is 1. The summed E-state index contributed by atoms with van der Waals surface area (Å²) in [6.07, 6.45) is 2.70. The van der Waals surface area contributed by atoms with Crippen LogP contribution in [-0.4, -0.2) is 23.5 Å². The Kier molecular flexibility index (Phi) is 6.27. The van der Waals surface area contributed by atoms with Crippen molar-refractivity contribution in [1.29, 1.82) is 0 Å². The van der Waals surface area contributed by atoms with Gasteiger partial charge in [-0.05, 0) is 42.9 Å². The van der Waals surface area contributed by atoms with E-state index in [9.17, 15) is 0 Å². The third-order valence-corrected chi connectivity index (χ3v) is 5.19. The van der Waals surface area contributed by atoms with Crippen LogP contribution in [0.15, 0.2) is 22.7 Å². The summed E-state index contributed by atoms with van der Waals surface area (Å²) < 4.78 is 1.25. The van der Waals surface area contributed by atoms with Gasteiger partial charge in [-0.25, -0.2) is 0 Å². The maximum Gasteiger partial charge on any atom is 0.0247 e. The zero-order valence-electron chi connectivity index (χ0n) is 13.8. The minimum atomic E-state index is 0.527. The first-order valence-corrected chi connectivity index (χ1v) is 8.99. The van der Waals surface area contributed by atoms with Gasteiger partial charge in [0.05, 0.1) is 0 Å². The van der Waals surface area contributed by atoms with Crippen molar-refractivity contribution in [1.82, 2.24) is 10.2 Å². The van der Waals surface area contributed by atoms with Gasteiger partial charge in [0.25, 0.3) is 0 Å². The van der Waals surface area contributed by atoms with Gasteiger partial charge in [0.1, 0.15) is 0 Å². The summed E-state index contributed by atoms with van der Waals surface area (Å²) in [5, 5.41) is 3.47. The number of piperidine rings is 1. The van der Waals surface area contributed by atoms with Crippen LogP contribution in [-0.2, 0) is 13.1 Å². The zero-order chi connectivity index (χ0) is 15.4. The first-order valence-electron chi connectivity index (χ1n) is 8.20.